The number of oxime groups is 1. The minimum absolute atomic E-state index is 0.373. The summed E-state index contributed by atoms with van der Waals surface area (Å²) in [5.74, 6) is -0.373. The molecule has 11 heavy (non-hydrogen) atoms. The first-order chi connectivity index (χ1) is 5.24. The van der Waals surface area contributed by atoms with Crippen molar-refractivity contribution in [1.82, 2.24) is 0 Å². The van der Waals surface area contributed by atoms with Crippen molar-refractivity contribution in [3.8, 4) is 0 Å². The van der Waals surface area contributed by atoms with E-state index in [9.17, 15) is 4.39 Å². The predicted molar refractivity (Wildman–Crippen MR) is 43.5 cm³/mol. The van der Waals surface area contributed by atoms with Crippen molar-refractivity contribution in [2.75, 3.05) is 0 Å². The van der Waals surface area contributed by atoms with E-state index in [0.29, 0.717) is 10.0 Å². The summed E-state index contributed by atoms with van der Waals surface area (Å²) in [6.45, 7) is 0. The summed E-state index contributed by atoms with van der Waals surface area (Å²) >= 11 is 3.00. The summed E-state index contributed by atoms with van der Waals surface area (Å²) in [7, 11) is 0. The first kappa shape index (κ1) is 8.20. The summed E-state index contributed by atoms with van der Waals surface area (Å²) in [5.41, 5.74) is 0.521. The van der Waals surface area contributed by atoms with Crippen LogP contribution in [0.15, 0.2) is 27.8 Å². The maximum atomic E-state index is 12.7. The molecule has 2 nitrogen and oxygen atoms in total. The van der Waals surface area contributed by atoms with E-state index in [2.05, 4.69) is 21.1 Å². The SMILES string of the molecule is O/N=C\c1ccc(Br)c(F)c1. The van der Waals surface area contributed by atoms with Gasteiger partial charge in [-0.25, -0.2) is 4.39 Å². The number of rotatable bonds is 1. The van der Waals surface area contributed by atoms with E-state index in [1.54, 1.807) is 12.1 Å². The monoisotopic (exact) mass is 217 g/mol. The van der Waals surface area contributed by atoms with Gasteiger partial charge in [0.15, 0.2) is 0 Å². The van der Waals surface area contributed by atoms with Gasteiger partial charge in [0.2, 0.25) is 0 Å². The van der Waals surface area contributed by atoms with Gasteiger partial charge in [0, 0.05) is 0 Å². The molecule has 1 rings (SSSR count). The third-order valence-electron chi connectivity index (χ3n) is 1.15. The molecule has 1 aromatic rings. The Morgan fingerprint density at radius 1 is 1.55 bits per heavy atom. The van der Waals surface area contributed by atoms with Gasteiger partial charge in [0.1, 0.15) is 5.82 Å². The summed E-state index contributed by atoms with van der Waals surface area (Å²) < 4.78 is 13.1. The van der Waals surface area contributed by atoms with Crippen LogP contribution in [0.1, 0.15) is 5.56 Å². The largest absolute Gasteiger partial charge is 0.411 e. The molecule has 0 radical (unpaired) electrons. The minimum Gasteiger partial charge on any atom is -0.411 e. The molecule has 0 fully saturated rings. The number of nitrogens with zero attached hydrogens (tertiary/aromatic N) is 1. The van der Waals surface area contributed by atoms with Gasteiger partial charge in [-0.05, 0) is 33.6 Å². The molecule has 4 heteroatoms. The van der Waals surface area contributed by atoms with Crippen molar-refractivity contribution >= 4 is 22.1 Å². The second-order valence-electron chi connectivity index (χ2n) is 1.92. The number of hydrogen-bond donors (Lipinski definition) is 1. The van der Waals surface area contributed by atoms with E-state index >= 15 is 0 Å². The fraction of sp³-hybridized carbons (Fsp3) is 0. The van der Waals surface area contributed by atoms with Crippen LogP contribution in [-0.4, -0.2) is 11.4 Å². The summed E-state index contributed by atoms with van der Waals surface area (Å²) in [6.07, 6.45) is 1.16. The standard InChI is InChI=1S/C7H5BrFNO/c8-6-2-1-5(4-10-11)3-7(6)9/h1-4,11H/b10-4-. The molecule has 0 aliphatic carbocycles. The third-order valence-corrected chi connectivity index (χ3v) is 1.79. The van der Waals surface area contributed by atoms with Crippen LogP contribution in [0.25, 0.3) is 0 Å². The Kier molecular flexibility index (Phi) is 2.59. The molecular formula is C7H5BrFNO. The molecule has 0 atom stereocenters. The Morgan fingerprint density at radius 2 is 2.27 bits per heavy atom. The molecule has 0 saturated heterocycles. The Bertz CT molecular complexity index is 288. The molecule has 0 unspecified atom stereocenters. The fourth-order valence-electron chi connectivity index (χ4n) is 0.659. The Hall–Kier alpha value is -0.900. The molecule has 0 spiro atoms. The molecule has 0 heterocycles. The number of halogens is 2. The first-order valence-electron chi connectivity index (χ1n) is 2.86. The van der Waals surface area contributed by atoms with E-state index in [0.717, 1.165) is 6.21 Å². The van der Waals surface area contributed by atoms with Crippen LogP contribution in [0.2, 0.25) is 0 Å². The normalized spacial score (nSPS) is 10.7. The highest BCUT2D eigenvalue weighted by Crippen LogP contribution is 2.15. The van der Waals surface area contributed by atoms with Crippen molar-refractivity contribution < 1.29 is 9.60 Å². The molecule has 1 aromatic carbocycles. The molecule has 0 aromatic heterocycles. The van der Waals surface area contributed by atoms with Crippen LogP contribution < -0.4 is 0 Å². The van der Waals surface area contributed by atoms with Crippen molar-refractivity contribution in [3.63, 3.8) is 0 Å². The Labute approximate surface area is 71.5 Å². The van der Waals surface area contributed by atoms with E-state index in [1.165, 1.54) is 6.07 Å². The van der Waals surface area contributed by atoms with Crippen molar-refractivity contribution in [1.29, 1.82) is 0 Å². The van der Waals surface area contributed by atoms with Crippen molar-refractivity contribution in [3.05, 3.63) is 34.1 Å². The van der Waals surface area contributed by atoms with E-state index in [1.807, 2.05) is 0 Å². The van der Waals surface area contributed by atoms with Gasteiger partial charge in [0.25, 0.3) is 0 Å². The van der Waals surface area contributed by atoms with Crippen LogP contribution in [0, 0.1) is 5.82 Å². The van der Waals surface area contributed by atoms with Gasteiger partial charge in [-0.1, -0.05) is 11.2 Å². The lowest BCUT2D eigenvalue weighted by Gasteiger charge is -1.94. The molecule has 0 amide bonds. The quantitative estimate of drug-likeness (QED) is 0.438. The predicted octanol–water partition coefficient (Wildman–Crippen LogP) is 2.40. The lowest BCUT2D eigenvalue weighted by atomic mass is 10.2. The molecule has 1 N–H and O–H groups in total. The van der Waals surface area contributed by atoms with Crippen molar-refractivity contribution in [2.45, 2.75) is 0 Å². The van der Waals surface area contributed by atoms with Crippen LogP contribution in [-0.2, 0) is 0 Å². The smallest absolute Gasteiger partial charge is 0.138 e. The fourth-order valence-corrected chi connectivity index (χ4v) is 0.906. The summed E-state index contributed by atoms with van der Waals surface area (Å²) in [6, 6.07) is 4.45. The second kappa shape index (κ2) is 3.48. The molecule has 0 aliphatic heterocycles. The highest BCUT2D eigenvalue weighted by molar-refractivity contribution is 9.10. The van der Waals surface area contributed by atoms with Gasteiger partial charge in [-0.15, -0.1) is 0 Å². The number of hydrogen-bond acceptors (Lipinski definition) is 2. The van der Waals surface area contributed by atoms with Crippen LogP contribution >= 0.6 is 15.9 Å². The summed E-state index contributed by atoms with van der Waals surface area (Å²) in [4.78, 5) is 0. The lowest BCUT2D eigenvalue weighted by molar-refractivity contribution is 0.322. The Balaban J connectivity index is 3.05. The maximum Gasteiger partial charge on any atom is 0.138 e. The molecule has 0 aliphatic rings. The van der Waals surface area contributed by atoms with Gasteiger partial charge in [0.05, 0.1) is 10.7 Å². The highest BCUT2D eigenvalue weighted by Gasteiger charge is 1.97. The molecule has 0 bridgehead atoms. The van der Waals surface area contributed by atoms with Crippen LogP contribution in [0.3, 0.4) is 0 Å². The zero-order valence-corrected chi connectivity index (χ0v) is 7.05. The summed E-state index contributed by atoms with van der Waals surface area (Å²) in [5, 5.41) is 10.9. The third kappa shape index (κ3) is 2.01. The average molecular weight is 218 g/mol. The topological polar surface area (TPSA) is 32.6 Å². The minimum atomic E-state index is -0.373. The van der Waals surface area contributed by atoms with Gasteiger partial charge < -0.3 is 5.21 Å². The van der Waals surface area contributed by atoms with E-state index < -0.39 is 0 Å². The van der Waals surface area contributed by atoms with Crippen LogP contribution in [0.4, 0.5) is 4.39 Å². The molecular weight excluding hydrogens is 213 g/mol. The second-order valence-corrected chi connectivity index (χ2v) is 2.77. The van der Waals surface area contributed by atoms with E-state index in [-0.39, 0.29) is 5.82 Å². The van der Waals surface area contributed by atoms with Gasteiger partial charge >= 0.3 is 0 Å². The first-order valence-corrected chi connectivity index (χ1v) is 3.66. The van der Waals surface area contributed by atoms with Crippen molar-refractivity contribution in [2.24, 2.45) is 5.16 Å². The Morgan fingerprint density at radius 3 is 2.82 bits per heavy atom. The maximum absolute atomic E-state index is 12.7. The van der Waals surface area contributed by atoms with Gasteiger partial charge in [-0.3, -0.25) is 0 Å². The lowest BCUT2D eigenvalue weighted by Crippen LogP contribution is -1.83. The molecule has 58 valence electrons. The zero-order chi connectivity index (χ0) is 8.27. The number of benzene rings is 1. The zero-order valence-electron chi connectivity index (χ0n) is 5.46. The van der Waals surface area contributed by atoms with Gasteiger partial charge in [-0.2, -0.15) is 0 Å². The van der Waals surface area contributed by atoms with Crippen LogP contribution in [0.5, 0.6) is 0 Å². The van der Waals surface area contributed by atoms with E-state index in [4.69, 9.17) is 5.21 Å². The molecule has 0 saturated carbocycles. The average Bonchev–Trinajstić information content (AvgIpc) is 1.98. The highest BCUT2D eigenvalue weighted by atomic mass is 79.9.